The zero-order valence-corrected chi connectivity index (χ0v) is 14.2. The van der Waals surface area contributed by atoms with Gasteiger partial charge in [0.2, 0.25) is 5.91 Å². The van der Waals surface area contributed by atoms with E-state index in [9.17, 15) is 14.7 Å². The highest BCUT2D eigenvalue weighted by atomic mass is 35.5. The third-order valence-electron chi connectivity index (χ3n) is 2.53. The van der Waals surface area contributed by atoms with Crippen LogP contribution in [0.4, 0.5) is 0 Å². The summed E-state index contributed by atoms with van der Waals surface area (Å²) in [5, 5.41) is 13.5. The van der Waals surface area contributed by atoms with Crippen LogP contribution < -0.4 is 19.9 Å². The highest BCUT2D eigenvalue weighted by Gasteiger charge is 2.14. The summed E-state index contributed by atoms with van der Waals surface area (Å²) in [5.74, 6) is -1.25. The lowest BCUT2D eigenvalue weighted by Crippen LogP contribution is -2.34. The summed E-state index contributed by atoms with van der Waals surface area (Å²) in [6, 6.07) is 3.10. The molecule has 23 heavy (non-hydrogen) atoms. The molecule has 0 aromatic heterocycles. The van der Waals surface area contributed by atoms with Crippen LogP contribution in [0.3, 0.4) is 0 Å². The fourth-order valence-corrected chi connectivity index (χ4v) is 2.05. The largest absolute Gasteiger partial charge is 0.543 e. The van der Waals surface area contributed by atoms with E-state index < -0.39 is 11.9 Å². The molecule has 0 radical (unpaired) electrons. The van der Waals surface area contributed by atoms with Gasteiger partial charge in [0.25, 0.3) is 0 Å². The van der Waals surface area contributed by atoms with Gasteiger partial charge in [0.15, 0.2) is 11.5 Å². The SMILES string of the molecule is CCOc1cc(/C=C(\NC(C)=O)C(=O)[O-])cc(Cl)c1OC(C)C. The van der Waals surface area contributed by atoms with E-state index in [1.807, 2.05) is 13.8 Å². The zero-order valence-electron chi connectivity index (χ0n) is 13.4. The lowest BCUT2D eigenvalue weighted by Gasteiger charge is -2.17. The number of aliphatic carboxylic acids is 1. The van der Waals surface area contributed by atoms with Crippen molar-refractivity contribution in [2.75, 3.05) is 6.61 Å². The Morgan fingerprint density at radius 3 is 2.52 bits per heavy atom. The predicted octanol–water partition coefficient (Wildman–Crippen LogP) is 1.75. The van der Waals surface area contributed by atoms with Crippen molar-refractivity contribution in [3.63, 3.8) is 0 Å². The van der Waals surface area contributed by atoms with Crippen molar-refractivity contribution < 1.29 is 24.2 Å². The molecule has 7 heteroatoms. The number of amides is 1. The summed E-state index contributed by atoms with van der Waals surface area (Å²) in [5.41, 5.74) is 0.0658. The Bertz CT molecular complexity index is 625. The van der Waals surface area contributed by atoms with Crippen molar-refractivity contribution in [3.8, 4) is 11.5 Å². The second-order valence-electron chi connectivity index (χ2n) is 4.96. The first-order valence-electron chi connectivity index (χ1n) is 7.08. The van der Waals surface area contributed by atoms with Crippen LogP contribution in [0.5, 0.6) is 11.5 Å². The molecular weight excluding hydrogens is 322 g/mol. The van der Waals surface area contributed by atoms with Gasteiger partial charge in [-0.1, -0.05) is 11.6 Å². The van der Waals surface area contributed by atoms with Crippen LogP contribution in [0.1, 0.15) is 33.3 Å². The molecular formula is C16H19ClNO5-. The molecule has 0 unspecified atom stereocenters. The molecule has 0 fully saturated rings. The third-order valence-corrected chi connectivity index (χ3v) is 2.81. The first-order valence-corrected chi connectivity index (χ1v) is 7.46. The number of carboxylic acid groups (broad SMARTS) is 1. The van der Waals surface area contributed by atoms with Crippen molar-refractivity contribution in [1.29, 1.82) is 0 Å². The molecule has 1 aromatic carbocycles. The number of carbonyl (C=O) groups is 2. The third kappa shape index (κ3) is 5.83. The average Bonchev–Trinajstić information content (AvgIpc) is 2.41. The number of hydrogen-bond donors (Lipinski definition) is 1. The van der Waals surface area contributed by atoms with Crippen LogP contribution >= 0.6 is 11.6 Å². The van der Waals surface area contributed by atoms with Gasteiger partial charge in [0, 0.05) is 6.92 Å². The van der Waals surface area contributed by atoms with Gasteiger partial charge in [-0.15, -0.1) is 0 Å². The lowest BCUT2D eigenvalue weighted by molar-refractivity contribution is -0.299. The standard InChI is InChI=1S/C16H20ClNO5/c1-5-22-14-8-11(6-12(17)15(14)23-9(2)3)7-13(16(20)21)18-10(4)19/h6-9H,5H2,1-4H3,(H,18,19)(H,20,21)/p-1/b13-7-. The van der Waals surface area contributed by atoms with Gasteiger partial charge in [-0.05, 0) is 44.5 Å². The number of carboxylic acids is 1. The van der Waals surface area contributed by atoms with Crippen molar-refractivity contribution in [2.24, 2.45) is 0 Å². The van der Waals surface area contributed by atoms with Crippen LogP contribution in [-0.4, -0.2) is 24.6 Å². The molecule has 126 valence electrons. The van der Waals surface area contributed by atoms with Gasteiger partial charge in [-0.3, -0.25) is 4.79 Å². The number of nitrogens with one attached hydrogen (secondary N) is 1. The zero-order chi connectivity index (χ0) is 17.6. The predicted molar refractivity (Wildman–Crippen MR) is 85.2 cm³/mol. The first kappa shape index (κ1) is 18.8. The van der Waals surface area contributed by atoms with Gasteiger partial charge in [-0.25, -0.2) is 0 Å². The number of halogens is 1. The Hall–Kier alpha value is -2.21. The summed E-state index contributed by atoms with van der Waals surface area (Å²) in [7, 11) is 0. The molecule has 1 rings (SSSR count). The van der Waals surface area contributed by atoms with Gasteiger partial charge in [0.1, 0.15) is 0 Å². The van der Waals surface area contributed by atoms with E-state index in [1.54, 1.807) is 13.0 Å². The number of hydrogen-bond acceptors (Lipinski definition) is 5. The van der Waals surface area contributed by atoms with Crippen LogP contribution in [0.25, 0.3) is 6.08 Å². The first-order chi connectivity index (χ1) is 10.7. The van der Waals surface area contributed by atoms with Crippen molar-refractivity contribution in [1.82, 2.24) is 5.32 Å². The number of carbonyl (C=O) groups excluding carboxylic acids is 2. The highest BCUT2D eigenvalue weighted by molar-refractivity contribution is 6.32. The molecule has 1 N–H and O–H groups in total. The van der Waals surface area contributed by atoms with Crippen LogP contribution in [-0.2, 0) is 9.59 Å². The van der Waals surface area contributed by atoms with Crippen LogP contribution in [0.15, 0.2) is 17.8 Å². The van der Waals surface area contributed by atoms with E-state index in [-0.39, 0.29) is 16.8 Å². The molecule has 0 atom stereocenters. The van der Waals surface area contributed by atoms with Crippen molar-refractivity contribution >= 4 is 29.6 Å². The highest BCUT2D eigenvalue weighted by Crippen LogP contribution is 2.37. The topological polar surface area (TPSA) is 87.7 Å². The number of ether oxygens (including phenoxy) is 2. The molecule has 0 aliphatic heterocycles. The van der Waals surface area contributed by atoms with E-state index >= 15 is 0 Å². The molecule has 0 spiro atoms. The number of benzene rings is 1. The molecule has 0 saturated carbocycles. The Morgan fingerprint density at radius 1 is 1.39 bits per heavy atom. The summed E-state index contributed by atoms with van der Waals surface area (Å²) < 4.78 is 11.1. The molecule has 1 aromatic rings. The minimum Gasteiger partial charge on any atom is -0.543 e. The van der Waals surface area contributed by atoms with Crippen LogP contribution in [0.2, 0.25) is 5.02 Å². The van der Waals surface area contributed by atoms with Gasteiger partial charge < -0.3 is 24.7 Å². The second-order valence-corrected chi connectivity index (χ2v) is 5.36. The molecule has 6 nitrogen and oxygen atoms in total. The normalized spacial score (nSPS) is 11.3. The quantitative estimate of drug-likeness (QED) is 0.764. The van der Waals surface area contributed by atoms with E-state index in [0.29, 0.717) is 23.7 Å². The molecule has 0 heterocycles. The monoisotopic (exact) mass is 340 g/mol. The average molecular weight is 341 g/mol. The Balaban J connectivity index is 3.31. The molecule has 1 amide bonds. The fraction of sp³-hybridized carbons (Fsp3) is 0.375. The smallest absolute Gasteiger partial charge is 0.221 e. The maximum atomic E-state index is 11.1. The Morgan fingerprint density at radius 2 is 2.04 bits per heavy atom. The fourth-order valence-electron chi connectivity index (χ4n) is 1.79. The number of rotatable bonds is 7. The van der Waals surface area contributed by atoms with Gasteiger partial charge in [-0.2, -0.15) is 0 Å². The van der Waals surface area contributed by atoms with E-state index in [0.717, 1.165) is 0 Å². The van der Waals surface area contributed by atoms with E-state index in [2.05, 4.69) is 5.32 Å². The maximum Gasteiger partial charge on any atom is 0.221 e. The minimum atomic E-state index is -1.50. The molecule has 0 saturated heterocycles. The van der Waals surface area contributed by atoms with Gasteiger partial charge >= 0.3 is 0 Å². The maximum absolute atomic E-state index is 11.1. The molecule has 0 aliphatic carbocycles. The van der Waals surface area contributed by atoms with Crippen molar-refractivity contribution in [2.45, 2.75) is 33.8 Å². The molecule has 0 aliphatic rings. The lowest BCUT2D eigenvalue weighted by atomic mass is 10.1. The van der Waals surface area contributed by atoms with Crippen LogP contribution in [0, 0.1) is 0 Å². The summed E-state index contributed by atoms with van der Waals surface area (Å²) in [6.45, 7) is 7.10. The summed E-state index contributed by atoms with van der Waals surface area (Å²) in [6.07, 6.45) is 1.14. The minimum absolute atomic E-state index is 0.105. The summed E-state index contributed by atoms with van der Waals surface area (Å²) in [4.78, 5) is 22.1. The second kappa shape index (κ2) is 8.43. The van der Waals surface area contributed by atoms with Gasteiger partial charge in [0.05, 0.1) is 29.4 Å². The molecule has 0 bridgehead atoms. The Kier molecular flexibility index (Phi) is 6.90. The summed E-state index contributed by atoms with van der Waals surface area (Å²) >= 11 is 6.20. The van der Waals surface area contributed by atoms with Crippen molar-refractivity contribution in [3.05, 3.63) is 28.4 Å². The Labute approximate surface area is 140 Å². The van der Waals surface area contributed by atoms with E-state index in [4.69, 9.17) is 21.1 Å². The van der Waals surface area contributed by atoms with E-state index in [1.165, 1.54) is 19.1 Å².